The van der Waals surface area contributed by atoms with Gasteiger partial charge in [0.1, 0.15) is 5.75 Å². The molecular formula is C16H13ClN2O2. The van der Waals surface area contributed by atoms with Gasteiger partial charge in [-0.05, 0) is 36.4 Å². The summed E-state index contributed by atoms with van der Waals surface area (Å²) in [7, 11) is 3.13. The summed E-state index contributed by atoms with van der Waals surface area (Å²) in [4.78, 5) is 14.0. The molecule has 106 valence electrons. The van der Waals surface area contributed by atoms with Gasteiger partial charge in [-0.2, -0.15) is 5.26 Å². The van der Waals surface area contributed by atoms with Gasteiger partial charge >= 0.3 is 0 Å². The molecule has 0 spiro atoms. The molecule has 4 nitrogen and oxygen atoms in total. The van der Waals surface area contributed by atoms with Crippen molar-refractivity contribution in [3.05, 3.63) is 58.6 Å². The van der Waals surface area contributed by atoms with Crippen LogP contribution in [-0.2, 0) is 0 Å². The van der Waals surface area contributed by atoms with Gasteiger partial charge in [-0.25, -0.2) is 0 Å². The maximum atomic E-state index is 12.6. The van der Waals surface area contributed by atoms with E-state index in [4.69, 9.17) is 21.6 Å². The predicted molar refractivity (Wildman–Crippen MR) is 81.9 cm³/mol. The predicted octanol–water partition coefficient (Wildman–Crippen LogP) is 3.50. The summed E-state index contributed by atoms with van der Waals surface area (Å²) in [5.74, 6) is 0.175. The number of nitriles is 1. The smallest absolute Gasteiger partial charge is 0.261 e. The van der Waals surface area contributed by atoms with Crippen molar-refractivity contribution < 1.29 is 9.53 Å². The average Bonchev–Trinajstić information content (AvgIpc) is 2.53. The first-order valence-electron chi connectivity index (χ1n) is 6.18. The first kappa shape index (κ1) is 14.9. The van der Waals surface area contributed by atoms with Crippen LogP contribution < -0.4 is 9.64 Å². The molecule has 0 fully saturated rings. The van der Waals surface area contributed by atoms with E-state index in [1.54, 1.807) is 49.5 Å². The zero-order valence-corrected chi connectivity index (χ0v) is 12.4. The maximum absolute atomic E-state index is 12.6. The molecule has 2 aromatic rings. The maximum Gasteiger partial charge on any atom is 0.261 e. The molecule has 0 saturated heterocycles. The zero-order valence-electron chi connectivity index (χ0n) is 11.6. The first-order chi connectivity index (χ1) is 10.1. The molecule has 0 unspecified atom stereocenters. The quantitative estimate of drug-likeness (QED) is 0.872. The third kappa shape index (κ3) is 3.15. The van der Waals surface area contributed by atoms with Gasteiger partial charge in [0.2, 0.25) is 0 Å². The number of hydrogen-bond acceptors (Lipinski definition) is 3. The number of benzene rings is 2. The second kappa shape index (κ2) is 6.29. The molecule has 0 aliphatic heterocycles. The Labute approximate surface area is 128 Å². The second-order valence-corrected chi connectivity index (χ2v) is 4.81. The average molecular weight is 301 g/mol. The van der Waals surface area contributed by atoms with E-state index >= 15 is 0 Å². The highest BCUT2D eigenvalue weighted by Crippen LogP contribution is 2.26. The third-order valence-electron chi connectivity index (χ3n) is 3.06. The molecule has 0 radical (unpaired) electrons. The fourth-order valence-corrected chi connectivity index (χ4v) is 2.09. The number of halogens is 1. The summed E-state index contributed by atoms with van der Waals surface area (Å²) in [6.45, 7) is 0. The Hall–Kier alpha value is -2.51. The largest absolute Gasteiger partial charge is 0.496 e. The van der Waals surface area contributed by atoms with E-state index in [-0.39, 0.29) is 5.91 Å². The number of ether oxygens (including phenoxy) is 1. The van der Waals surface area contributed by atoms with E-state index in [0.717, 1.165) is 0 Å². The summed E-state index contributed by atoms with van der Waals surface area (Å²) < 4.78 is 5.19. The van der Waals surface area contributed by atoms with Crippen LogP contribution in [0.25, 0.3) is 0 Å². The van der Waals surface area contributed by atoms with Crippen LogP contribution >= 0.6 is 11.6 Å². The lowest BCUT2D eigenvalue weighted by Gasteiger charge is -2.19. The minimum absolute atomic E-state index is 0.237. The van der Waals surface area contributed by atoms with Gasteiger partial charge in [-0.15, -0.1) is 0 Å². The van der Waals surface area contributed by atoms with Crippen LogP contribution in [0.2, 0.25) is 5.02 Å². The van der Waals surface area contributed by atoms with Crippen LogP contribution in [0, 0.1) is 11.3 Å². The summed E-state index contributed by atoms with van der Waals surface area (Å²) in [5, 5.41) is 9.42. The van der Waals surface area contributed by atoms with Crippen molar-refractivity contribution >= 4 is 23.2 Å². The Balaban J connectivity index is 2.37. The minimum Gasteiger partial charge on any atom is -0.496 e. The second-order valence-electron chi connectivity index (χ2n) is 4.37. The Bertz CT molecular complexity index is 722. The van der Waals surface area contributed by atoms with Crippen molar-refractivity contribution in [2.45, 2.75) is 0 Å². The van der Waals surface area contributed by atoms with Crippen molar-refractivity contribution in [2.75, 3.05) is 19.1 Å². The molecule has 5 heteroatoms. The SMILES string of the molecule is COc1cc(Cl)ccc1C(=O)N(C)c1cccc(C#N)c1. The van der Waals surface area contributed by atoms with Crippen LogP contribution in [0.15, 0.2) is 42.5 Å². The number of methoxy groups -OCH3 is 1. The van der Waals surface area contributed by atoms with Gasteiger partial charge in [-0.1, -0.05) is 17.7 Å². The fourth-order valence-electron chi connectivity index (χ4n) is 1.92. The van der Waals surface area contributed by atoms with E-state index in [1.165, 1.54) is 12.0 Å². The molecule has 0 heterocycles. The molecule has 2 rings (SSSR count). The van der Waals surface area contributed by atoms with Crippen LogP contribution in [0.4, 0.5) is 5.69 Å². The van der Waals surface area contributed by atoms with Gasteiger partial charge < -0.3 is 9.64 Å². The van der Waals surface area contributed by atoms with Crippen LogP contribution in [-0.4, -0.2) is 20.1 Å². The van der Waals surface area contributed by atoms with Crippen LogP contribution in [0.3, 0.4) is 0 Å². The highest BCUT2D eigenvalue weighted by Gasteiger charge is 2.18. The van der Waals surface area contributed by atoms with E-state index < -0.39 is 0 Å². The Morgan fingerprint density at radius 2 is 2.05 bits per heavy atom. The van der Waals surface area contributed by atoms with Crippen LogP contribution in [0.1, 0.15) is 15.9 Å². The van der Waals surface area contributed by atoms with Crippen molar-refractivity contribution in [3.63, 3.8) is 0 Å². The highest BCUT2D eigenvalue weighted by molar-refractivity contribution is 6.31. The van der Waals surface area contributed by atoms with Crippen LogP contribution in [0.5, 0.6) is 5.75 Å². The van der Waals surface area contributed by atoms with Gasteiger partial charge in [-0.3, -0.25) is 4.79 Å². The Morgan fingerprint density at radius 1 is 1.29 bits per heavy atom. The molecule has 0 bridgehead atoms. The summed E-state index contributed by atoms with van der Waals surface area (Å²) in [5.41, 5.74) is 1.54. The van der Waals surface area contributed by atoms with E-state index in [1.807, 2.05) is 0 Å². The summed E-state index contributed by atoms with van der Waals surface area (Å²) in [6, 6.07) is 13.7. The molecule has 21 heavy (non-hydrogen) atoms. The molecular weight excluding hydrogens is 288 g/mol. The number of nitrogens with zero attached hydrogens (tertiary/aromatic N) is 2. The molecule has 0 aliphatic carbocycles. The summed E-state index contributed by atoms with van der Waals surface area (Å²) in [6.07, 6.45) is 0. The molecule has 0 saturated carbocycles. The first-order valence-corrected chi connectivity index (χ1v) is 6.56. The molecule has 0 atom stereocenters. The fraction of sp³-hybridized carbons (Fsp3) is 0.125. The topological polar surface area (TPSA) is 53.3 Å². The lowest BCUT2D eigenvalue weighted by atomic mass is 10.1. The monoisotopic (exact) mass is 300 g/mol. The number of rotatable bonds is 3. The molecule has 0 aliphatic rings. The van der Waals surface area contributed by atoms with Crippen molar-refractivity contribution in [1.82, 2.24) is 0 Å². The van der Waals surface area contributed by atoms with Gasteiger partial charge in [0.25, 0.3) is 5.91 Å². The van der Waals surface area contributed by atoms with E-state index in [9.17, 15) is 4.79 Å². The van der Waals surface area contributed by atoms with Crippen molar-refractivity contribution in [2.24, 2.45) is 0 Å². The standard InChI is InChI=1S/C16H13ClN2O2/c1-19(13-5-3-4-11(8-13)10-18)16(20)14-7-6-12(17)9-15(14)21-2/h3-9H,1-2H3. The van der Waals surface area contributed by atoms with Gasteiger partial charge in [0.15, 0.2) is 0 Å². The van der Waals surface area contributed by atoms with E-state index in [2.05, 4.69) is 6.07 Å². The lowest BCUT2D eigenvalue weighted by Crippen LogP contribution is -2.26. The summed E-state index contributed by atoms with van der Waals surface area (Å²) >= 11 is 5.90. The molecule has 1 amide bonds. The molecule has 2 aromatic carbocycles. The third-order valence-corrected chi connectivity index (χ3v) is 3.30. The Morgan fingerprint density at radius 3 is 2.71 bits per heavy atom. The Kier molecular flexibility index (Phi) is 4.46. The van der Waals surface area contributed by atoms with Crippen molar-refractivity contribution in [1.29, 1.82) is 5.26 Å². The van der Waals surface area contributed by atoms with Gasteiger partial charge in [0, 0.05) is 17.8 Å². The number of anilines is 1. The number of carbonyl (C=O) groups is 1. The normalized spacial score (nSPS) is 9.81. The molecule has 0 N–H and O–H groups in total. The van der Waals surface area contributed by atoms with Gasteiger partial charge in [0.05, 0.1) is 24.3 Å². The number of carbonyl (C=O) groups excluding carboxylic acids is 1. The zero-order chi connectivity index (χ0) is 15.4. The number of hydrogen-bond donors (Lipinski definition) is 0. The molecule has 0 aromatic heterocycles. The van der Waals surface area contributed by atoms with E-state index in [0.29, 0.717) is 27.6 Å². The minimum atomic E-state index is -0.237. The van der Waals surface area contributed by atoms with Crippen molar-refractivity contribution in [3.8, 4) is 11.8 Å². The highest BCUT2D eigenvalue weighted by atomic mass is 35.5. The lowest BCUT2D eigenvalue weighted by molar-refractivity contribution is 0.0990. The number of amides is 1.